The molecule has 2 N–H and O–H groups in total. The lowest BCUT2D eigenvalue weighted by Gasteiger charge is -2.29. The summed E-state index contributed by atoms with van der Waals surface area (Å²) in [6, 6.07) is 0. The number of alkyl halides is 1. The van der Waals surface area contributed by atoms with E-state index in [0.29, 0.717) is 87.5 Å². The number of carbonyl (C=O) groups is 6. The predicted octanol–water partition coefficient (Wildman–Crippen LogP) is 16.2. The summed E-state index contributed by atoms with van der Waals surface area (Å²) in [5, 5.41) is 17.8. The van der Waals surface area contributed by atoms with Gasteiger partial charge >= 0.3 is 23.9 Å². The van der Waals surface area contributed by atoms with E-state index in [4.69, 9.17) is 24.1 Å². The first-order valence-electron chi connectivity index (χ1n) is 40.5. The molecule has 18 heteroatoms. The Hall–Kier alpha value is -2.38. The lowest BCUT2D eigenvalue weighted by atomic mass is 10.1. The molecular formula is C80H158Br2N4O12. The van der Waals surface area contributed by atoms with Crippen molar-refractivity contribution >= 4 is 51.6 Å². The Kier molecular flexibility index (Phi) is 85.2. The highest BCUT2D eigenvalue weighted by Crippen LogP contribution is 2.17. The number of unbranched alkanes of at least 4 members (excludes halogenated alkanes) is 40. The Morgan fingerprint density at radius 2 is 0.520 bits per heavy atom. The standard InChI is InChI=1S/C40H79N2O6.C38H74N2O5.C2H5BrO.BrH/c1-5-7-9-11-13-15-17-19-21-23-25-29-39(45)47-36-31-41(38(44)28-27-33-42(3,4)34-35-43)32-37-48-40(46)30-26-24-22-20-18-16-14-12-10-8-6-2;1-5-7-9-11-13-15-17-19-21-23-25-29-37(42)44-34-32-40(36(41)28-27-31-39(3)4)33-35-45-38(43)30-26-24-22-20-18-16-14-12-10-8-6-2;3-1-2-4;/h43H,5-37H2,1-4H3;5-35H2,1-4H3;4H,1-2H2;1H/q+1;;;/p-1. The molecule has 98 heavy (non-hydrogen) atoms. The smallest absolute Gasteiger partial charge is 0.305 e. The Bertz CT molecular complexity index is 1640. The van der Waals surface area contributed by atoms with Gasteiger partial charge in [-0.25, -0.2) is 0 Å². The maximum absolute atomic E-state index is 13.1. The number of carbonyl (C=O) groups excluding carboxylic acids is 6. The number of rotatable bonds is 71. The Labute approximate surface area is 622 Å². The summed E-state index contributed by atoms with van der Waals surface area (Å²) in [6.07, 6.45) is 58.6. The van der Waals surface area contributed by atoms with Gasteiger partial charge in [0.05, 0.1) is 60.0 Å². The van der Waals surface area contributed by atoms with Gasteiger partial charge in [0.25, 0.3) is 0 Å². The molecule has 2 amide bonds. The summed E-state index contributed by atoms with van der Waals surface area (Å²) in [7, 11) is 8.07. The van der Waals surface area contributed by atoms with Crippen molar-refractivity contribution in [3.05, 3.63) is 0 Å². The zero-order valence-electron chi connectivity index (χ0n) is 65.2. The molecule has 0 spiro atoms. The molecule has 0 fully saturated rings. The number of hydrogen-bond donors (Lipinski definition) is 2. The summed E-state index contributed by atoms with van der Waals surface area (Å²) in [5.74, 6) is -0.810. The van der Waals surface area contributed by atoms with Crippen molar-refractivity contribution in [2.45, 2.75) is 362 Å². The van der Waals surface area contributed by atoms with Gasteiger partial charge in [-0.05, 0) is 52.7 Å². The van der Waals surface area contributed by atoms with E-state index in [-0.39, 0.29) is 92.3 Å². The lowest BCUT2D eigenvalue weighted by molar-refractivity contribution is -0.890. The fourth-order valence-electron chi connectivity index (χ4n) is 11.7. The summed E-state index contributed by atoms with van der Waals surface area (Å²) in [4.78, 5) is 80.5. The number of quaternary nitrogens is 1. The zero-order chi connectivity index (χ0) is 72.2. The van der Waals surface area contributed by atoms with Crippen molar-refractivity contribution in [1.82, 2.24) is 14.7 Å². The highest BCUT2D eigenvalue weighted by atomic mass is 79.9. The second-order valence-electron chi connectivity index (χ2n) is 28.3. The van der Waals surface area contributed by atoms with Crippen LogP contribution in [0.3, 0.4) is 0 Å². The van der Waals surface area contributed by atoms with Crippen molar-refractivity contribution in [2.24, 2.45) is 0 Å². The zero-order valence-corrected chi connectivity index (χ0v) is 68.4. The average molecular weight is 1530 g/mol. The highest BCUT2D eigenvalue weighted by Gasteiger charge is 2.20. The molecule has 0 rings (SSSR count). The van der Waals surface area contributed by atoms with E-state index < -0.39 is 0 Å². The van der Waals surface area contributed by atoms with Crippen LogP contribution in [0.15, 0.2) is 0 Å². The second-order valence-corrected chi connectivity index (χ2v) is 29.1. The quantitative estimate of drug-likeness (QED) is 0.0193. The van der Waals surface area contributed by atoms with E-state index in [1.54, 1.807) is 9.80 Å². The molecule has 0 radical (unpaired) electrons. The van der Waals surface area contributed by atoms with Crippen LogP contribution in [-0.2, 0) is 47.7 Å². The van der Waals surface area contributed by atoms with Gasteiger partial charge in [-0.2, -0.15) is 0 Å². The third kappa shape index (κ3) is 80.9. The molecule has 0 aromatic rings. The van der Waals surface area contributed by atoms with Crippen LogP contribution in [0.5, 0.6) is 0 Å². The summed E-state index contributed by atoms with van der Waals surface area (Å²) < 4.78 is 22.5. The number of nitrogens with zero attached hydrogens (tertiary/aromatic N) is 4. The van der Waals surface area contributed by atoms with Crippen LogP contribution in [0.2, 0.25) is 0 Å². The molecule has 0 aliphatic heterocycles. The van der Waals surface area contributed by atoms with Gasteiger partial charge in [-0.1, -0.05) is 300 Å². The minimum absolute atomic E-state index is 0. The minimum Gasteiger partial charge on any atom is -1.00 e. The van der Waals surface area contributed by atoms with E-state index in [1.165, 1.54) is 218 Å². The van der Waals surface area contributed by atoms with Gasteiger partial charge < -0.3 is 65.3 Å². The molecule has 16 nitrogen and oxygen atoms in total. The van der Waals surface area contributed by atoms with Gasteiger partial charge in [0, 0.05) is 50.3 Å². The van der Waals surface area contributed by atoms with Crippen LogP contribution in [-0.4, -0.2) is 184 Å². The number of aliphatic hydroxyl groups excluding tert-OH is 2. The van der Waals surface area contributed by atoms with Crippen LogP contribution in [0, 0.1) is 0 Å². The number of halogens is 2. The molecule has 0 aliphatic rings. The first kappa shape index (κ1) is 102. The third-order valence-electron chi connectivity index (χ3n) is 18.1. The third-order valence-corrected chi connectivity index (χ3v) is 18.4. The molecule has 0 heterocycles. The Morgan fingerprint density at radius 1 is 0.306 bits per heavy atom. The second kappa shape index (κ2) is 81.9. The fourth-order valence-corrected chi connectivity index (χ4v) is 11.7. The van der Waals surface area contributed by atoms with Gasteiger partial charge in [0.2, 0.25) is 11.8 Å². The van der Waals surface area contributed by atoms with Gasteiger partial charge in [0.15, 0.2) is 0 Å². The molecule has 0 aromatic heterocycles. The maximum Gasteiger partial charge on any atom is 0.305 e. The first-order chi connectivity index (χ1) is 47.1. The molecule has 0 saturated heterocycles. The number of ether oxygens (including phenoxy) is 4. The van der Waals surface area contributed by atoms with Crippen molar-refractivity contribution < 1.29 is 79.4 Å². The molecule has 584 valence electrons. The number of likely N-dealkylation sites (N-methyl/N-ethyl adjacent to an activating group) is 1. The van der Waals surface area contributed by atoms with E-state index >= 15 is 0 Å². The van der Waals surface area contributed by atoms with Gasteiger partial charge in [-0.15, -0.1) is 0 Å². The summed E-state index contributed by atoms with van der Waals surface area (Å²) in [5.41, 5.74) is 0. The van der Waals surface area contributed by atoms with Crippen molar-refractivity contribution in [1.29, 1.82) is 0 Å². The average Bonchev–Trinajstić information content (AvgIpc) is 1.18. The van der Waals surface area contributed by atoms with Crippen molar-refractivity contribution in [2.75, 3.05) is 119 Å². The molecule has 0 aromatic carbocycles. The first-order valence-corrected chi connectivity index (χ1v) is 41.6. The SMILES string of the molecule is CCCCCCCCCCCCCC(=O)OCCN(CCOC(=O)CCCCCCCCCCCCC)C(=O)CCCN(C)C.CCCCCCCCCCCCCC(=O)OCCN(CCOC(=O)CCCCCCCCCCCCC)C(=O)CCC[N+](C)(C)CCO.OCCBr.[Br-]. The van der Waals surface area contributed by atoms with E-state index in [1.807, 2.05) is 28.2 Å². The summed E-state index contributed by atoms with van der Waals surface area (Å²) >= 11 is 3.00. The summed E-state index contributed by atoms with van der Waals surface area (Å²) in [6.45, 7) is 13.5. The molecule has 0 bridgehead atoms. The topological polar surface area (TPSA) is 190 Å². The molecule has 0 atom stereocenters. The number of esters is 4. The van der Waals surface area contributed by atoms with Crippen LogP contribution in [0.4, 0.5) is 0 Å². The minimum atomic E-state index is -0.209. The normalized spacial score (nSPS) is 11.1. The Morgan fingerprint density at radius 3 is 0.724 bits per heavy atom. The largest absolute Gasteiger partial charge is 1.00 e. The van der Waals surface area contributed by atoms with Crippen molar-refractivity contribution in [3.8, 4) is 0 Å². The highest BCUT2D eigenvalue weighted by molar-refractivity contribution is 9.09. The number of hydrogen-bond acceptors (Lipinski definition) is 13. The van der Waals surface area contributed by atoms with Crippen LogP contribution in [0.25, 0.3) is 0 Å². The molecule has 0 saturated carbocycles. The Balaban J connectivity index is -0.000000847. The van der Waals surface area contributed by atoms with Crippen LogP contribution < -0.4 is 17.0 Å². The van der Waals surface area contributed by atoms with E-state index in [2.05, 4.69) is 48.5 Å². The molecular weight excluding hydrogens is 1370 g/mol. The van der Waals surface area contributed by atoms with Gasteiger partial charge in [-0.3, -0.25) is 28.8 Å². The van der Waals surface area contributed by atoms with E-state index in [0.717, 1.165) is 83.7 Å². The van der Waals surface area contributed by atoms with Crippen LogP contribution >= 0.6 is 15.9 Å². The van der Waals surface area contributed by atoms with Crippen LogP contribution in [0.1, 0.15) is 362 Å². The maximum atomic E-state index is 13.1. The van der Waals surface area contributed by atoms with E-state index in [9.17, 15) is 33.9 Å². The molecule has 0 aliphatic carbocycles. The number of aliphatic hydroxyl groups is 2. The lowest BCUT2D eigenvalue weighted by Crippen LogP contribution is -3.00. The van der Waals surface area contributed by atoms with Crippen molar-refractivity contribution in [3.63, 3.8) is 0 Å². The number of amides is 2. The molecule has 0 unspecified atom stereocenters. The predicted molar refractivity (Wildman–Crippen MR) is 408 cm³/mol. The monoisotopic (exact) mass is 1530 g/mol. The fraction of sp³-hybridized carbons (Fsp3) is 0.925. The van der Waals surface area contributed by atoms with Gasteiger partial charge in [0.1, 0.15) is 33.0 Å².